The third-order valence-electron chi connectivity index (χ3n) is 4.68. The van der Waals surface area contributed by atoms with Crippen LogP contribution in [0.3, 0.4) is 0 Å². The number of urea groups is 1. The molecule has 1 aliphatic rings. The second-order valence-electron chi connectivity index (χ2n) is 6.99. The highest BCUT2D eigenvalue weighted by molar-refractivity contribution is 7.89. The molecule has 8 nitrogen and oxygen atoms in total. The molecule has 30 heavy (non-hydrogen) atoms. The second-order valence-corrected chi connectivity index (χ2v) is 9.37. The van der Waals surface area contributed by atoms with E-state index in [1.165, 1.54) is 23.4 Å². The van der Waals surface area contributed by atoms with E-state index in [9.17, 15) is 18.0 Å². The minimum atomic E-state index is -3.63. The van der Waals surface area contributed by atoms with Crippen molar-refractivity contribution >= 4 is 44.9 Å². The van der Waals surface area contributed by atoms with Crippen LogP contribution in [0.2, 0.25) is 5.02 Å². The molecule has 0 unspecified atom stereocenters. The van der Waals surface area contributed by atoms with Gasteiger partial charge in [-0.3, -0.25) is 4.79 Å². The van der Waals surface area contributed by atoms with Gasteiger partial charge in [0.1, 0.15) is 0 Å². The van der Waals surface area contributed by atoms with Gasteiger partial charge in [-0.25, -0.2) is 13.2 Å². The van der Waals surface area contributed by atoms with E-state index in [1.54, 1.807) is 36.4 Å². The highest BCUT2D eigenvalue weighted by Gasteiger charge is 2.30. The summed E-state index contributed by atoms with van der Waals surface area (Å²) in [6, 6.07) is 12.4. The number of nitrogens with one attached hydrogen (secondary N) is 3. The Hall–Kier alpha value is -2.62. The van der Waals surface area contributed by atoms with Crippen molar-refractivity contribution in [2.75, 3.05) is 23.7 Å². The summed E-state index contributed by atoms with van der Waals surface area (Å²) in [6.07, 6.45) is 1.01. The van der Waals surface area contributed by atoms with Gasteiger partial charge in [0, 0.05) is 42.5 Å². The highest BCUT2D eigenvalue weighted by atomic mass is 35.5. The fourth-order valence-electron chi connectivity index (χ4n) is 3.22. The number of amides is 3. The first-order valence-electron chi connectivity index (χ1n) is 9.45. The molecule has 0 aliphatic carbocycles. The number of halogens is 1. The predicted octanol–water partition coefficient (Wildman–Crippen LogP) is 3.27. The SMILES string of the molecule is CC(=O)Nc1ccc(S(=O)(=O)N2CCC(NC(=O)Nc3cccc(Cl)c3)CC2)cc1. The summed E-state index contributed by atoms with van der Waals surface area (Å²) in [5, 5.41) is 8.72. The molecule has 3 N–H and O–H groups in total. The Morgan fingerprint density at radius 2 is 1.67 bits per heavy atom. The normalized spacial score (nSPS) is 15.4. The van der Waals surface area contributed by atoms with E-state index in [0.717, 1.165) is 0 Å². The van der Waals surface area contributed by atoms with Crippen molar-refractivity contribution in [1.82, 2.24) is 9.62 Å². The van der Waals surface area contributed by atoms with Gasteiger partial charge in [0.2, 0.25) is 15.9 Å². The Kier molecular flexibility index (Phi) is 6.96. The summed E-state index contributed by atoms with van der Waals surface area (Å²) in [5.74, 6) is -0.223. The minimum absolute atomic E-state index is 0.127. The van der Waals surface area contributed by atoms with Gasteiger partial charge >= 0.3 is 6.03 Å². The van der Waals surface area contributed by atoms with E-state index in [4.69, 9.17) is 11.6 Å². The van der Waals surface area contributed by atoms with Gasteiger partial charge in [-0.05, 0) is 55.3 Å². The van der Waals surface area contributed by atoms with E-state index in [1.807, 2.05) is 0 Å². The molecule has 0 spiro atoms. The van der Waals surface area contributed by atoms with Crippen molar-refractivity contribution in [3.05, 3.63) is 53.6 Å². The zero-order chi connectivity index (χ0) is 21.7. The van der Waals surface area contributed by atoms with Crippen molar-refractivity contribution in [3.63, 3.8) is 0 Å². The number of anilines is 2. The first-order chi connectivity index (χ1) is 14.2. The molecule has 1 fully saturated rings. The van der Waals surface area contributed by atoms with Crippen LogP contribution < -0.4 is 16.0 Å². The molecule has 3 rings (SSSR count). The van der Waals surface area contributed by atoms with Crippen LogP contribution in [0.15, 0.2) is 53.4 Å². The first kappa shape index (κ1) is 22.1. The van der Waals surface area contributed by atoms with Gasteiger partial charge in [0.25, 0.3) is 0 Å². The Bertz CT molecular complexity index is 1020. The molecule has 0 bridgehead atoms. The number of carbonyl (C=O) groups excluding carboxylic acids is 2. The number of sulfonamides is 1. The summed E-state index contributed by atoms with van der Waals surface area (Å²) in [7, 11) is -3.63. The van der Waals surface area contributed by atoms with Crippen molar-refractivity contribution in [2.24, 2.45) is 0 Å². The molecule has 2 aromatic carbocycles. The van der Waals surface area contributed by atoms with Gasteiger partial charge in [-0.1, -0.05) is 17.7 Å². The lowest BCUT2D eigenvalue weighted by molar-refractivity contribution is -0.114. The molecule has 2 aromatic rings. The largest absolute Gasteiger partial charge is 0.335 e. The predicted molar refractivity (Wildman–Crippen MR) is 116 cm³/mol. The number of benzene rings is 2. The maximum atomic E-state index is 12.8. The Balaban J connectivity index is 1.54. The fraction of sp³-hybridized carbons (Fsp3) is 0.300. The van der Waals surface area contributed by atoms with Crippen LogP contribution in [-0.2, 0) is 14.8 Å². The number of nitrogens with zero attached hydrogens (tertiary/aromatic N) is 1. The van der Waals surface area contributed by atoms with Gasteiger partial charge in [-0.2, -0.15) is 4.31 Å². The number of hydrogen-bond acceptors (Lipinski definition) is 4. The first-order valence-corrected chi connectivity index (χ1v) is 11.3. The number of hydrogen-bond donors (Lipinski definition) is 3. The van der Waals surface area contributed by atoms with Crippen molar-refractivity contribution < 1.29 is 18.0 Å². The van der Waals surface area contributed by atoms with Crippen LogP contribution in [0.5, 0.6) is 0 Å². The molecule has 10 heteroatoms. The van der Waals surface area contributed by atoms with Crippen LogP contribution in [0.1, 0.15) is 19.8 Å². The quantitative estimate of drug-likeness (QED) is 0.649. The average molecular weight is 451 g/mol. The van der Waals surface area contributed by atoms with E-state index in [2.05, 4.69) is 16.0 Å². The lowest BCUT2D eigenvalue weighted by Gasteiger charge is -2.31. The zero-order valence-corrected chi connectivity index (χ0v) is 18.0. The number of rotatable bonds is 5. The number of carbonyl (C=O) groups is 2. The molecule has 3 amide bonds. The summed E-state index contributed by atoms with van der Waals surface area (Å²) in [5.41, 5.74) is 1.12. The molecular formula is C20H23ClN4O4S. The van der Waals surface area contributed by atoms with Crippen LogP contribution in [0.4, 0.5) is 16.2 Å². The van der Waals surface area contributed by atoms with Crippen LogP contribution in [0.25, 0.3) is 0 Å². The van der Waals surface area contributed by atoms with Crippen LogP contribution in [0, 0.1) is 0 Å². The maximum Gasteiger partial charge on any atom is 0.319 e. The van der Waals surface area contributed by atoms with Crippen LogP contribution >= 0.6 is 11.6 Å². The highest BCUT2D eigenvalue weighted by Crippen LogP contribution is 2.22. The van der Waals surface area contributed by atoms with Crippen molar-refractivity contribution in [2.45, 2.75) is 30.7 Å². The Labute approximate surface area is 180 Å². The topological polar surface area (TPSA) is 108 Å². The third kappa shape index (κ3) is 5.71. The summed E-state index contributed by atoms with van der Waals surface area (Å²) >= 11 is 5.91. The maximum absolute atomic E-state index is 12.8. The van der Waals surface area contributed by atoms with E-state index in [0.29, 0.717) is 42.3 Å². The van der Waals surface area contributed by atoms with Gasteiger partial charge in [-0.15, -0.1) is 0 Å². The summed E-state index contributed by atoms with van der Waals surface area (Å²) in [4.78, 5) is 23.4. The van der Waals surface area contributed by atoms with Crippen molar-refractivity contribution in [3.8, 4) is 0 Å². The smallest absolute Gasteiger partial charge is 0.319 e. The van der Waals surface area contributed by atoms with E-state index in [-0.39, 0.29) is 22.9 Å². The Morgan fingerprint density at radius 1 is 1.00 bits per heavy atom. The molecule has 160 valence electrons. The van der Waals surface area contributed by atoms with Gasteiger partial charge < -0.3 is 16.0 Å². The monoisotopic (exact) mass is 450 g/mol. The van der Waals surface area contributed by atoms with E-state index < -0.39 is 10.0 Å². The molecule has 1 saturated heterocycles. The summed E-state index contributed by atoms with van der Waals surface area (Å²) < 4.78 is 27.1. The molecule has 1 heterocycles. The minimum Gasteiger partial charge on any atom is -0.335 e. The average Bonchev–Trinajstić information content (AvgIpc) is 2.68. The molecule has 1 aliphatic heterocycles. The van der Waals surface area contributed by atoms with E-state index >= 15 is 0 Å². The van der Waals surface area contributed by atoms with Gasteiger partial charge in [0.15, 0.2) is 0 Å². The molecule has 0 atom stereocenters. The van der Waals surface area contributed by atoms with Crippen molar-refractivity contribution in [1.29, 1.82) is 0 Å². The zero-order valence-electron chi connectivity index (χ0n) is 16.4. The lowest BCUT2D eigenvalue weighted by Crippen LogP contribution is -2.47. The molecule has 0 saturated carbocycles. The molecule has 0 aromatic heterocycles. The lowest BCUT2D eigenvalue weighted by atomic mass is 10.1. The fourth-order valence-corrected chi connectivity index (χ4v) is 4.88. The van der Waals surface area contributed by atoms with Gasteiger partial charge in [0.05, 0.1) is 4.90 Å². The number of piperidine rings is 1. The second kappa shape index (κ2) is 9.46. The Morgan fingerprint density at radius 3 is 2.27 bits per heavy atom. The standard InChI is InChI=1S/C20H23ClN4O4S/c1-14(26)22-16-5-7-19(8-6-16)30(28,29)25-11-9-17(10-12-25)23-20(27)24-18-4-2-3-15(21)13-18/h2-8,13,17H,9-12H2,1H3,(H,22,26)(H2,23,24,27). The summed E-state index contributed by atoms with van der Waals surface area (Å²) in [6.45, 7) is 1.99. The third-order valence-corrected chi connectivity index (χ3v) is 6.83. The van der Waals surface area contributed by atoms with Crippen LogP contribution in [-0.4, -0.2) is 43.8 Å². The molecular weight excluding hydrogens is 428 g/mol. The molecule has 0 radical (unpaired) electrons.